The fourth-order valence-corrected chi connectivity index (χ4v) is 3.34. The normalized spacial score (nSPS) is 15.1. The number of carbonyl (C=O) groups is 4. The van der Waals surface area contributed by atoms with Crippen molar-refractivity contribution in [2.75, 3.05) is 16.8 Å². The van der Waals surface area contributed by atoms with Crippen LogP contribution in [-0.2, 0) is 9.59 Å². The number of benzene rings is 2. The molecule has 8 nitrogen and oxygen atoms in total. The second-order valence-electron chi connectivity index (χ2n) is 7.42. The molecule has 1 atom stereocenters. The van der Waals surface area contributed by atoms with Crippen LogP contribution in [0.5, 0.6) is 5.75 Å². The molecule has 2 N–H and O–H groups in total. The highest BCUT2D eigenvalue weighted by Crippen LogP contribution is 2.35. The lowest BCUT2D eigenvalue weighted by atomic mass is 10.0. The molecule has 1 unspecified atom stereocenters. The van der Waals surface area contributed by atoms with Gasteiger partial charge in [0, 0.05) is 17.7 Å². The molecular weight excluding hydrogens is 400 g/mol. The monoisotopic (exact) mass is 424 g/mol. The zero-order valence-electron chi connectivity index (χ0n) is 17.6. The number of nitrogens with one attached hydrogen (secondary N) is 1. The third-order valence-corrected chi connectivity index (χ3v) is 5.03. The maximum absolute atomic E-state index is 12.8. The summed E-state index contributed by atoms with van der Waals surface area (Å²) in [4.78, 5) is 50.3. The first-order valence-electron chi connectivity index (χ1n) is 10.00. The molecule has 1 aliphatic rings. The summed E-state index contributed by atoms with van der Waals surface area (Å²) in [7, 11) is 0. The van der Waals surface area contributed by atoms with E-state index in [0.717, 1.165) is 0 Å². The van der Waals surface area contributed by atoms with Crippen LogP contribution in [0.4, 0.5) is 11.4 Å². The molecule has 0 saturated carbocycles. The first-order chi connectivity index (χ1) is 14.7. The number of carboxylic acid groups (broad SMARTS) is 1. The Kier molecular flexibility index (Phi) is 6.39. The van der Waals surface area contributed by atoms with Gasteiger partial charge in [-0.3, -0.25) is 19.3 Å². The highest BCUT2D eigenvalue weighted by atomic mass is 16.5. The average molecular weight is 424 g/mol. The van der Waals surface area contributed by atoms with Crippen LogP contribution >= 0.6 is 0 Å². The van der Waals surface area contributed by atoms with Gasteiger partial charge in [0.1, 0.15) is 12.3 Å². The molecule has 2 aromatic carbocycles. The van der Waals surface area contributed by atoms with Crippen molar-refractivity contribution < 1.29 is 29.0 Å². The van der Waals surface area contributed by atoms with Gasteiger partial charge in [-0.1, -0.05) is 13.0 Å². The number of carbonyl (C=O) groups excluding carboxylic acids is 3. The third kappa shape index (κ3) is 4.74. The van der Waals surface area contributed by atoms with E-state index in [1.807, 2.05) is 6.92 Å². The lowest BCUT2D eigenvalue weighted by Gasteiger charge is -2.33. The Balaban J connectivity index is 1.87. The molecule has 162 valence electrons. The van der Waals surface area contributed by atoms with Gasteiger partial charge in [-0.2, -0.15) is 0 Å². The Hall–Kier alpha value is -3.68. The van der Waals surface area contributed by atoms with Crippen LogP contribution in [0.3, 0.4) is 0 Å². The molecule has 31 heavy (non-hydrogen) atoms. The summed E-state index contributed by atoms with van der Waals surface area (Å²) in [5.41, 5.74) is 1.89. The maximum Gasteiger partial charge on any atom is 0.335 e. The van der Waals surface area contributed by atoms with E-state index in [1.54, 1.807) is 38.1 Å². The van der Waals surface area contributed by atoms with Gasteiger partial charge < -0.3 is 15.2 Å². The molecule has 1 aliphatic heterocycles. The van der Waals surface area contributed by atoms with Crippen molar-refractivity contribution in [2.45, 2.75) is 39.7 Å². The number of ether oxygens (including phenoxy) is 1. The zero-order valence-corrected chi connectivity index (χ0v) is 17.6. The topological polar surface area (TPSA) is 113 Å². The van der Waals surface area contributed by atoms with Gasteiger partial charge in [0.2, 0.25) is 5.91 Å². The fourth-order valence-electron chi connectivity index (χ4n) is 3.34. The second kappa shape index (κ2) is 8.99. The summed E-state index contributed by atoms with van der Waals surface area (Å²) in [6, 6.07) is 9.27. The van der Waals surface area contributed by atoms with E-state index < -0.39 is 23.9 Å². The zero-order chi connectivity index (χ0) is 22.7. The number of amides is 2. The number of ketones is 1. The number of aromatic carboxylic acids is 1. The Morgan fingerprint density at radius 1 is 1.13 bits per heavy atom. The van der Waals surface area contributed by atoms with Crippen LogP contribution in [0.2, 0.25) is 0 Å². The number of hydrogen-bond donors (Lipinski definition) is 2. The molecule has 0 aromatic heterocycles. The lowest BCUT2D eigenvalue weighted by Crippen LogP contribution is -2.47. The lowest BCUT2D eigenvalue weighted by molar-refractivity contribution is -0.127. The van der Waals surface area contributed by atoms with Gasteiger partial charge >= 0.3 is 5.97 Å². The van der Waals surface area contributed by atoms with Gasteiger partial charge in [0.05, 0.1) is 11.3 Å². The number of nitrogens with zero attached hydrogens (tertiary/aromatic N) is 1. The quantitative estimate of drug-likeness (QED) is 0.659. The van der Waals surface area contributed by atoms with Crippen molar-refractivity contribution in [1.82, 2.24) is 0 Å². The van der Waals surface area contributed by atoms with Gasteiger partial charge in [0.25, 0.3) is 5.91 Å². The Bertz CT molecular complexity index is 1060. The van der Waals surface area contributed by atoms with E-state index in [-0.39, 0.29) is 17.9 Å². The number of rotatable bonds is 7. The SMILES string of the molecule is CCCC(=O)c1ccc2c(c1)N(CC(=O)Nc1cc(C(=O)O)ccc1C)C(=O)C(C)O2. The predicted molar refractivity (Wildman–Crippen MR) is 115 cm³/mol. The number of hydrogen-bond acceptors (Lipinski definition) is 5. The number of anilines is 2. The minimum atomic E-state index is -1.11. The van der Waals surface area contributed by atoms with Crippen LogP contribution in [0.25, 0.3) is 0 Å². The summed E-state index contributed by atoms with van der Waals surface area (Å²) >= 11 is 0. The van der Waals surface area contributed by atoms with Crippen molar-refractivity contribution in [3.8, 4) is 5.75 Å². The van der Waals surface area contributed by atoms with Crippen LogP contribution in [0, 0.1) is 6.92 Å². The second-order valence-corrected chi connectivity index (χ2v) is 7.42. The van der Waals surface area contributed by atoms with Crippen molar-refractivity contribution in [3.05, 3.63) is 53.1 Å². The van der Waals surface area contributed by atoms with Crippen molar-refractivity contribution in [3.63, 3.8) is 0 Å². The molecule has 2 aromatic rings. The van der Waals surface area contributed by atoms with Gasteiger partial charge in [0.15, 0.2) is 11.9 Å². The van der Waals surface area contributed by atoms with Gasteiger partial charge in [-0.05, 0) is 56.2 Å². The summed E-state index contributed by atoms with van der Waals surface area (Å²) in [6.45, 7) is 4.93. The number of fused-ring (bicyclic) bond motifs is 1. The molecular formula is C23H24N2O6. The van der Waals surface area contributed by atoms with Crippen molar-refractivity contribution in [1.29, 1.82) is 0 Å². The van der Waals surface area contributed by atoms with E-state index >= 15 is 0 Å². The Morgan fingerprint density at radius 2 is 1.84 bits per heavy atom. The van der Waals surface area contributed by atoms with Crippen molar-refractivity contribution in [2.24, 2.45) is 0 Å². The van der Waals surface area contributed by atoms with Crippen molar-refractivity contribution >= 4 is 34.9 Å². The van der Waals surface area contributed by atoms with E-state index in [0.29, 0.717) is 41.1 Å². The van der Waals surface area contributed by atoms with Gasteiger partial charge in [-0.15, -0.1) is 0 Å². The molecule has 0 bridgehead atoms. The molecule has 3 rings (SSSR count). The number of carboxylic acids is 1. The van der Waals surface area contributed by atoms with E-state index in [9.17, 15) is 24.3 Å². The molecule has 8 heteroatoms. The van der Waals surface area contributed by atoms with Crippen LogP contribution < -0.4 is 15.0 Å². The highest BCUT2D eigenvalue weighted by molar-refractivity contribution is 6.07. The summed E-state index contributed by atoms with van der Waals surface area (Å²) < 4.78 is 5.63. The molecule has 2 amide bonds. The number of aryl methyl sites for hydroxylation is 1. The van der Waals surface area contributed by atoms with Crippen LogP contribution in [0.15, 0.2) is 36.4 Å². The highest BCUT2D eigenvalue weighted by Gasteiger charge is 2.33. The fraction of sp³-hybridized carbons (Fsp3) is 0.304. The average Bonchev–Trinajstić information content (AvgIpc) is 2.72. The molecule has 0 saturated heterocycles. The van der Waals surface area contributed by atoms with Crippen LogP contribution in [0.1, 0.15) is 53.0 Å². The maximum atomic E-state index is 12.8. The Morgan fingerprint density at radius 3 is 2.52 bits per heavy atom. The largest absolute Gasteiger partial charge is 0.479 e. The summed E-state index contributed by atoms with van der Waals surface area (Å²) in [5, 5.41) is 11.8. The van der Waals surface area contributed by atoms with Gasteiger partial charge in [-0.25, -0.2) is 4.79 Å². The Labute approximate surface area is 179 Å². The molecule has 1 heterocycles. The summed E-state index contributed by atoms with van der Waals surface area (Å²) in [5.74, 6) is -1.65. The minimum Gasteiger partial charge on any atom is -0.479 e. The van der Waals surface area contributed by atoms with E-state index in [1.165, 1.54) is 17.0 Å². The molecule has 0 aliphatic carbocycles. The molecule has 0 spiro atoms. The minimum absolute atomic E-state index is 0.0430. The van der Waals surface area contributed by atoms with Crippen LogP contribution in [-0.4, -0.2) is 41.3 Å². The molecule has 0 radical (unpaired) electrons. The standard InChI is InChI=1S/C23H24N2O6/c1-4-5-19(26)15-8-9-20-18(11-15)25(22(28)14(3)31-20)12-21(27)24-17-10-16(23(29)30)7-6-13(17)2/h6-11,14H,4-5,12H2,1-3H3,(H,24,27)(H,29,30). The third-order valence-electron chi connectivity index (χ3n) is 5.03. The smallest absolute Gasteiger partial charge is 0.335 e. The number of Topliss-reactive ketones (excluding diaryl/α,β-unsaturated/α-hetero) is 1. The van der Waals surface area contributed by atoms with E-state index in [2.05, 4.69) is 5.32 Å². The first kappa shape index (κ1) is 22.0. The first-order valence-corrected chi connectivity index (χ1v) is 10.00. The molecule has 0 fully saturated rings. The van der Waals surface area contributed by atoms with E-state index in [4.69, 9.17) is 4.74 Å². The summed E-state index contributed by atoms with van der Waals surface area (Å²) in [6.07, 6.45) is 0.294. The predicted octanol–water partition coefficient (Wildman–Crippen LogP) is 3.43.